The Morgan fingerprint density at radius 3 is 1.30 bits per heavy atom. The molecule has 0 unspecified atom stereocenters. The van der Waals surface area contributed by atoms with Crippen LogP contribution >= 0.6 is 0 Å². The lowest BCUT2D eigenvalue weighted by Crippen LogP contribution is -2.46. The summed E-state index contributed by atoms with van der Waals surface area (Å²) in [5.41, 5.74) is 3.52. The number of hydrogen-bond donors (Lipinski definition) is 2. The van der Waals surface area contributed by atoms with Crippen LogP contribution in [0.1, 0.15) is 95.9 Å². The molecular formula is C35H54N2O6. The summed E-state index contributed by atoms with van der Waals surface area (Å²) in [6.07, 6.45) is -0.258. The maximum atomic E-state index is 12.2. The first-order chi connectivity index (χ1) is 19.6. The van der Waals surface area contributed by atoms with Gasteiger partial charge in [-0.05, 0) is 90.5 Å². The van der Waals surface area contributed by atoms with E-state index >= 15 is 0 Å². The van der Waals surface area contributed by atoms with Gasteiger partial charge in [0.1, 0.15) is 11.2 Å². The van der Waals surface area contributed by atoms with Crippen LogP contribution in [-0.2, 0) is 9.47 Å². The normalized spacial score (nSPS) is 22.5. The third-order valence-electron chi connectivity index (χ3n) is 7.63. The Kier molecular flexibility index (Phi) is 12.6. The number of piperidine rings is 2. The summed E-state index contributed by atoms with van der Waals surface area (Å²) in [5.74, 6) is -0.0973. The van der Waals surface area contributed by atoms with Crippen molar-refractivity contribution < 1.29 is 29.3 Å². The third-order valence-corrected chi connectivity index (χ3v) is 7.63. The van der Waals surface area contributed by atoms with E-state index in [4.69, 9.17) is 9.47 Å². The fourth-order valence-corrected chi connectivity index (χ4v) is 5.48. The second kappa shape index (κ2) is 15.1. The van der Waals surface area contributed by atoms with Crippen LogP contribution in [-0.4, -0.2) is 81.8 Å². The molecule has 2 fully saturated rings. The van der Waals surface area contributed by atoms with Crippen LogP contribution in [0.15, 0.2) is 48.5 Å². The van der Waals surface area contributed by atoms with Crippen molar-refractivity contribution in [3.63, 3.8) is 0 Å². The average molecular weight is 599 g/mol. The molecule has 0 spiro atoms. The van der Waals surface area contributed by atoms with E-state index < -0.39 is 23.4 Å². The predicted molar refractivity (Wildman–Crippen MR) is 171 cm³/mol. The van der Waals surface area contributed by atoms with Crippen molar-refractivity contribution >= 4 is 12.2 Å². The zero-order valence-electron chi connectivity index (χ0n) is 26.6. The van der Waals surface area contributed by atoms with Crippen LogP contribution in [0.4, 0.5) is 9.59 Å². The Morgan fingerprint density at radius 2 is 1.00 bits per heavy atom. The molecule has 0 bridgehead atoms. The second-order valence-electron chi connectivity index (χ2n) is 13.5. The standard InChI is InChI=1S/2C17H25NO3.CH4/c2*1-12-7-5-6-8-13(12)14-11-18(10-9-15(14)19)16(20)21-17(2,3)4;/h2*5-8,14-15,19H,9-11H2,1-4H3;1H4/t2*14-,15+;/m10./s1. The van der Waals surface area contributed by atoms with Gasteiger partial charge in [-0.1, -0.05) is 56.0 Å². The maximum absolute atomic E-state index is 12.2. The van der Waals surface area contributed by atoms with Gasteiger partial charge in [0.25, 0.3) is 0 Å². The van der Waals surface area contributed by atoms with Gasteiger partial charge in [-0.2, -0.15) is 0 Å². The molecule has 4 rings (SSSR count). The number of hydrogen-bond acceptors (Lipinski definition) is 6. The van der Waals surface area contributed by atoms with Gasteiger partial charge in [0, 0.05) is 38.0 Å². The SMILES string of the molecule is C.Cc1ccccc1[C@@H]1CN(C(=O)OC(C)(C)C)CC[C@H]1O.Cc1ccccc1[C@H]1CN(C(=O)OC(C)(C)C)CC[C@@H]1O. The summed E-state index contributed by atoms with van der Waals surface area (Å²) in [6.45, 7) is 17.3. The number of ether oxygens (including phenoxy) is 2. The van der Waals surface area contributed by atoms with Crippen molar-refractivity contribution in [3.8, 4) is 0 Å². The minimum absolute atomic E-state index is 0. The van der Waals surface area contributed by atoms with Crippen LogP contribution in [0.3, 0.4) is 0 Å². The van der Waals surface area contributed by atoms with E-state index in [9.17, 15) is 19.8 Å². The largest absolute Gasteiger partial charge is 0.444 e. The minimum atomic E-state index is -0.495. The maximum Gasteiger partial charge on any atom is 0.410 e. The Morgan fingerprint density at radius 1 is 0.674 bits per heavy atom. The number of amides is 2. The first-order valence-electron chi connectivity index (χ1n) is 15.0. The van der Waals surface area contributed by atoms with E-state index in [1.165, 1.54) is 0 Å². The molecule has 8 heteroatoms. The molecule has 0 aromatic heterocycles. The average Bonchev–Trinajstić information content (AvgIpc) is 2.88. The molecule has 2 N–H and O–H groups in total. The van der Waals surface area contributed by atoms with Gasteiger partial charge in [0.05, 0.1) is 12.2 Å². The lowest BCUT2D eigenvalue weighted by Gasteiger charge is -2.37. The third kappa shape index (κ3) is 10.5. The number of aliphatic hydroxyl groups is 2. The summed E-state index contributed by atoms with van der Waals surface area (Å²) in [6, 6.07) is 16.1. The fourth-order valence-electron chi connectivity index (χ4n) is 5.48. The molecule has 2 aromatic rings. The van der Waals surface area contributed by atoms with Crippen LogP contribution in [0.25, 0.3) is 0 Å². The predicted octanol–water partition coefficient (Wildman–Crippen LogP) is 6.80. The Hall–Kier alpha value is -3.10. The van der Waals surface area contributed by atoms with Crippen LogP contribution < -0.4 is 0 Å². The Balaban J connectivity index is 0.000000293. The van der Waals surface area contributed by atoms with Gasteiger partial charge < -0.3 is 29.5 Å². The molecule has 0 saturated carbocycles. The highest BCUT2D eigenvalue weighted by molar-refractivity contribution is 5.69. The van der Waals surface area contributed by atoms with Gasteiger partial charge in [-0.3, -0.25) is 0 Å². The van der Waals surface area contributed by atoms with E-state index in [1.807, 2.05) is 104 Å². The smallest absolute Gasteiger partial charge is 0.410 e. The van der Waals surface area contributed by atoms with Crippen LogP contribution in [0.5, 0.6) is 0 Å². The molecular weight excluding hydrogens is 544 g/mol. The molecule has 2 aliphatic heterocycles. The number of carbonyl (C=O) groups excluding carboxylic acids is 2. The minimum Gasteiger partial charge on any atom is -0.444 e. The van der Waals surface area contributed by atoms with E-state index in [0.29, 0.717) is 39.0 Å². The summed E-state index contributed by atoms with van der Waals surface area (Å²) in [4.78, 5) is 27.8. The molecule has 2 heterocycles. The highest BCUT2D eigenvalue weighted by Crippen LogP contribution is 2.31. The summed E-state index contributed by atoms with van der Waals surface area (Å²) in [5, 5.41) is 20.6. The van der Waals surface area contributed by atoms with Crippen molar-refractivity contribution in [2.24, 2.45) is 0 Å². The van der Waals surface area contributed by atoms with Gasteiger partial charge in [0.15, 0.2) is 0 Å². The van der Waals surface area contributed by atoms with Crippen molar-refractivity contribution in [2.75, 3.05) is 26.2 Å². The molecule has 2 aliphatic rings. The Bertz CT molecular complexity index is 1110. The topological polar surface area (TPSA) is 99.5 Å². The zero-order valence-corrected chi connectivity index (χ0v) is 26.6. The monoisotopic (exact) mass is 598 g/mol. The van der Waals surface area contributed by atoms with E-state index in [-0.39, 0.29) is 31.4 Å². The number of likely N-dealkylation sites (tertiary alicyclic amines) is 2. The van der Waals surface area contributed by atoms with Gasteiger partial charge in [-0.25, -0.2) is 9.59 Å². The van der Waals surface area contributed by atoms with Crippen molar-refractivity contribution in [1.82, 2.24) is 9.80 Å². The first kappa shape index (κ1) is 36.1. The number of benzene rings is 2. The number of aliphatic hydroxyl groups excluding tert-OH is 2. The molecule has 2 saturated heterocycles. The van der Waals surface area contributed by atoms with Crippen LogP contribution in [0, 0.1) is 13.8 Å². The second-order valence-corrected chi connectivity index (χ2v) is 13.5. The van der Waals surface area contributed by atoms with Gasteiger partial charge in [-0.15, -0.1) is 0 Å². The number of nitrogens with zero attached hydrogens (tertiary/aromatic N) is 2. The van der Waals surface area contributed by atoms with E-state index in [1.54, 1.807) is 9.80 Å². The van der Waals surface area contributed by atoms with Gasteiger partial charge >= 0.3 is 12.2 Å². The molecule has 8 nitrogen and oxygen atoms in total. The quantitative estimate of drug-likeness (QED) is 0.395. The summed E-state index contributed by atoms with van der Waals surface area (Å²) >= 11 is 0. The van der Waals surface area contributed by atoms with E-state index in [2.05, 4.69) is 0 Å². The number of rotatable bonds is 2. The molecule has 4 atom stereocenters. The van der Waals surface area contributed by atoms with Crippen molar-refractivity contribution in [2.45, 2.75) is 111 Å². The Labute approximate surface area is 259 Å². The lowest BCUT2D eigenvalue weighted by molar-refractivity contribution is 0.00284. The zero-order chi connectivity index (χ0) is 31.2. The van der Waals surface area contributed by atoms with E-state index in [0.717, 1.165) is 22.3 Å². The highest BCUT2D eigenvalue weighted by atomic mass is 16.6. The first-order valence-corrected chi connectivity index (χ1v) is 15.0. The lowest BCUT2D eigenvalue weighted by atomic mass is 9.86. The molecule has 240 valence electrons. The number of aryl methyl sites for hydroxylation is 2. The van der Waals surface area contributed by atoms with Crippen molar-refractivity contribution in [3.05, 3.63) is 70.8 Å². The summed E-state index contributed by atoms with van der Waals surface area (Å²) < 4.78 is 10.9. The highest BCUT2D eigenvalue weighted by Gasteiger charge is 2.35. The van der Waals surface area contributed by atoms with Crippen LogP contribution in [0.2, 0.25) is 0 Å². The molecule has 43 heavy (non-hydrogen) atoms. The van der Waals surface area contributed by atoms with Gasteiger partial charge in [0.2, 0.25) is 0 Å². The summed E-state index contributed by atoms with van der Waals surface area (Å²) in [7, 11) is 0. The number of carbonyl (C=O) groups is 2. The molecule has 0 aliphatic carbocycles. The van der Waals surface area contributed by atoms with Crippen molar-refractivity contribution in [1.29, 1.82) is 0 Å². The molecule has 2 amide bonds. The fraction of sp³-hybridized carbons (Fsp3) is 0.600. The molecule has 0 radical (unpaired) electrons. The molecule has 2 aromatic carbocycles.